The maximum Gasteiger partial charge on any atom is 0.340 e. The van der Waals surface area contributed by atoms with Crippen molar-refractivity contribution in [3.05, 3.63) is 71.0 Å². The summed E-state index contributed by atoms with van der Waals surface area (Å²) in [5.74, 6) is -2.23. The van der Waals surface area contributed by atoms with Gasteiger partial charge in [0.2, 0.25) is 0 Å². The number of carbonyl (C=O) groups is 1. The highest BCUT2D eigenvalue weighted by molar-refractivity contribution is 5.89. The predicted octanol–water partition coefficient (Wildman–Crippen LogP) is 4.08. The molecule has 23 heavy (non-hydrogen) atoms. The maximum absolute atomic E-state index is 14.0. The topological polar surface area (TPSA) is 35.5 Å². The highest BCUT2D eigenvalue weighted by Crippen LogP contribution is 2.39. The van der Waals surface area contributed by atoms with E-state index >= 15 is 0 Å². The number of rotatable bonds is 5. The fraction of sp³-hybridized carbons (Fsp3) is 0.316. The van der Waals surface area contributed by atoms with E-state index < -0.39 is 17.7 Å². The second kappa shape index (κ2) is 6.92. The average Bonchev–Trinajstić information content (AvgIpc) is 2.57. The van der Waals surface area contributed by atoms with Crippen molar-refractivity contribution in [3.63, 3.8) is 0 Å². The molecule has 2 aromatic rings. The van der Waals surface area contributed by atoms with Gasteiger partial charge in [-0.1, -0.05) is 36.4 Å². The minimum atomic E-state index is -0.864. The molecule has 0 heterocycles. The lowest BCUT2D eigenvalue weighted by Crippen LogP contribution is -2.29. The maximum atomic E-state index is 14.0. The highest BCUT2D eigenvalue weighted by atomic mass is 19.1. The number of methoxy groups -OCH3 is 1. The number of carbonyl (C=O) groups excluding carboxylic acids is 1. The van der Waals surface area contributed by atoms with Crippen LogP contribution in [0.2, 0.25) is 0 Å². The lowest BCUT2D eigenvalue weighted by molar-refractivity contribution is -0.0207. The van der Waals surface area contributed by atoms with Gasteiger partial charge in [-0.2, -0.15) is 0 Å². The molecular formula is C19H19FO3. The first-order chi connectivity index (χ1) is 11.5. The molecule has 0 amide bonds. The molecule has 120 valence electrons. The minimum Gasteiger partial charge on any atom is -0.465 e. The summed E-state index contributed by atoms with van der Waals surface area (Å²) in [5, 5.41) is 0. The number of esters is 1. The van der Waals surface area contributed by atoms with Crippen LogP contribution in [0.1, 0.15) is 41.6 Å². The Morgan fingerprint density at radius 2 is 2.00 bits per heavy atom. The fourth-order valence-corrected chi connectivity index (χ4v) is 2.64. The summed E-state index contributed by atoms with van der Waals surface area (Å²) >= 11 is 0. The number of hydrogen-bond donors (Lipinski definition) is 0. The van der Waals surface area contributed by atoms with E-state index in [-0.39, 0.29) is 11.7 Å². The largest absolute Gasteiger partial charge is 0.465 e. The molecule has 0 radical (unpaired) electrons. The van der Waals surface area contributed by atoms with Gasteiger partial charge in [0, 0.05) is 1.37 Å². The first-order valence-corrected chi connectivity index (χ1v) is 7.56. The summed E-state index contributed by atoms with van der Waals surface area (Å²) < 4.78 is 32.8. The summed E-state index contributed by atoms with van der Waals surface area (Å²) in [4.78, 5) is 11.4. The van der Waals surface area contributed by atoms with Crippen molar-refractivity contribution in [1.29, 1.82) is 0 Å². The van der Waals surface area contributed by atoms with Gasteiger partial charge in [-0.3, -0.25) is 0 Å². The number of hydrogen-bond acceptors (Lipinski definition) is 3. The summed E-state index contributed by atoms with van der Waals surface area (Å²) in [6.07, 6.45) is 1.01. The van der Waals surface area contributed by atoms with Crippen molar-refractivity contribution < 1.29 is 20.0 Å². The Labute approximate surface area is 136 Å². The van der Waals surface area contributed by atoms with Gasteiger partial charge in [0.25, 0.3) is 0 Å². The lowest BCUT2D eigenvalue weighted by Gasteiger charge is -2.35. The van der Waals surface area contributed by atoms with Crippen LogP contribution in [0.5, 0.6) is 0 Å². The van der Waals surface area contributed by atoms with Crippen LogP contribution < -0.4 is 0 Å². The van der Waals surface area contributed by atoms with Crippen LogP contribution in [0.15, 0.2) is 48.5 Å². The Hall–Kier alpha value is -2.20. The molecule has 1 saturated carbocycles. The Morgan fingerprint density at radius 3 is 2.65 bits per heavy atom. The zero-order valence-electron chi connectivity index (χ0n) is 13.9. The molecule has 0 N–H and O–H groups in total. The van der Waals surface area contributed by atoms with Gasteiger partial charge in [-0.25, -0.2) is 9.18 Å². The Bertz CT molecular complexity index is 727. The van der Waals surface area contributed by atoms with Crippen molar-refractivity contribution >= 4 is 5.97 Å². The van der Waals surface area contributed by atoms with E-state index in [4.69, 9.17) is 6.11 Å². The van der Waals surface area contributed by atoms with E-state index in [1.807, 2.05) is 30.3 Å². The summed E-state index contributed by atoms with van der Waals surface area (Å²) in [6, 6.07) is 14.1. The summed E-state index contributed by atoms with van der Waals surface area (Å²) in [6.45, 7) is 0.511. The standard InChI is InChI=1S/C19H19FO3/c1-22-19(21)17-8-7-14(11-18(17)20)15-9-16(10-15)23-12-13-5-3-2-4-6-13/h2-8,11,15-16H,9-10,12H2,1H3/i15D. The van der Waals surface area contributed by atoms with E-state index in [0.29, 0.717) is 25.0 Å². The zero-order valence-corrected chi connectivity index (χ0v) is 12.9. The minimum absolute atomic E-state index is 0.00829. The van der Waals surface area contributed by atoms with Crippen LogP contribution in [-0.2, 0) is 16.1 Å². The third kappa shape index (κ3) is 3.59. The Balaban J connectivity index is 1.60. The molecule has 2 aromatic carbocycles. The third-order valence-electron chi connectivity index (χ3n) is 4.06. The molecule has 1 fully saturated rings. The molecule has 0 spiro atoms. The molecule has 3 rings (SSSR count). The SMILES string of the molecule is [2H]C1(c2ccc(C(=O)OC)c(F)c2)CC(OCc2ccccc2)C1. The molecule has 0 atom stereocenters. The van der Waals surface area contributed by atoms with Crippen molar-refractivity contribution in [3.8, 4) is 0 Å². The van der Waals surface area contributed by atoms with E-state index in [9.17, 15) is 9.18 Å². The number of benzene rings is 2. The van der Waals surface area contributed by atoms with Crippen LogP contribution >= 0.6 is 0 Å². The molecule has 0 aromatic heterocycles. The fourth-order valence-electron chi connectivity index (χ4n) is 2.64. The molecule has 0 unspecified atom stereocenters. The molecule has 1 aliphatic carbocycles. The molecule has 0 bridgehead atoms. The van der Waals surface area contributed by atoms with Gasteiger partial charge >= 0.3 is 5.97 Å². The van der Waals surface area contributed by atoms with E-state index in [1.54, 1.807) is 6.07 Å². The molecule has 3 nitrogen and oxygen atoms in total. The summed E-state index contributed by atoms with van der Waals surface area (Å²) in [7, 11) is 1.21. The van der Waals surface area contributed by atoms with E-state index in [0.717, 1.165) is 5.56 Å². The van der Waals surface area contributed by atoms with Gasteiger partial charge in [0.1, 0.15) is 5.82 Å². The third-order valence-corrected chi connectivity index (χ3v) is 4.06. The van der Waals surface area contributed by atoms with Crippen molar-refractivity contribution in [2.45, 2.75) is 31.4 Å². The molecule has 1 aliphatic rings. The van der Waals surface area contributed by atoms with E-state index in [2.05, 4.69) is 4.74 Å². The van der Waals surface area contributed by atoms with Crippen LogP contribution in [0.4, 0.5) is 4.39 Å². The van der Waals surface area contributed by atoms with Crippen LogP contribution in [0, 0.1) is 5.82 Å². The quantitative estimate of drug-likeness (QED) is 0.780. The van der Waals surface area contributed by atoms with Gasteiger partial charge < -0.3 is 9.47 Å². The lowest BCUT2D eigenvalue weighted by atomic mass is 9.77. The van der Waals surface area contributed by atoms with Gasteiger partial charge in [0.15, 0.2) is 0 Å². The first-order valence-electron chi connectivity index (χ1n) is 8.06. The highest BCUT2D eigenvalue weighted by Gasteiger charge is 2.31. The second-order valence-electron chi connectivity index (χ2n) is 5.62. The van der Waals surface area contributed by atoms with Gasteiger partial charge in [0.05, 0.1) is 25.4 Å². The van der Waals surface area contributed by atoms with Gasteiger partial charge in [-0.15, -0.1) is 0 Å². The normalized spacial score (nSPS) is 23.7. The molecule has 0 aliphatic heterocycles. The number of ether oxygens (including phenoxy) is 2. The predicted molar refractivity (Wildman–Crippen MR) is 84.7 cm³/mol. The number of halogens is 1. The molecule has 0 saturated heterocycles. The Kier molecular flexibility index (Phi) is 4.33. The molecule has 4 heteroatoms. The summed E-state index contributed by atoms with van der Waals surface area (Å²) in [5.41, 5.74) is 1.54. The van der Waals surface area contributed by atoms with Crippen LogP contribution in [0.3, 0.4) is 0 Å². The Morgan fingerprint density at radius 1 is 1.26 bits per heavy atom. The monoisotopic (exact) mass is 315 g/mol. The smallest absolute Gasteiger partial charge is 0.340 e. The van der Waals surface area contributed by atoms with Crippen molar-refractivity contribution in [1.82, 2.24) is 0 Å². The van der Waals surface area contributed by atoms with Crippen LogP contribution in [0.25, 0.3) is 0 Å². The van der Waals surface area contributed by atoms with Crippen LogP contribution in [-0.4, -0.2) is 19.2 Å². The van der Waals surface area contributed by atoms with E-state index in [1.165, 1.54) is 19.2 Å². The first kappa shape index (κ1) is 14.4. The van der Waals surface area contributed by atoms with Gasteiger partial charge in [-0.05, 0) is 42.0 Å². The second-order valence-corrected chi connectivity index (χ2v) is 5.62. The average molecular weight is 315 g/mol. The van der Waals surface area contributed by atoms with Crippen molar-refractivity contribution in [2.75, 3.05) is 7.11 Å². The van der Waals surface area contributed by atoms with Crippen molar-refractivity contribution in [2.24, 2.45) is 0 Å². The zero-order chi connectivity index (χ0) is 17.2. The molecular weight excluding hydrogens is 295 g/mol.